The fraction of sp³-hybridized carbons (Fsp3) is 0.304. The first-order valence-electron chi connectivity index (χ1n) is 10.5. The number of nitrogens with one attached hydrogen (secondary N) is 1. The molecule has 0 saturated carbocycles. The molecule has 0 aliphatic carbocycles. The van der Waals surface area contributed by atoms with Gasteiger partial charge in [0.15, 0.2) is 11.0 Å². The minimum atomic E-state index is -0.490. The van der Waals surface area contributed by atoms with Gasteiger partial charge in [-0.25, -0.2) is 4.39 Å². The third kappa shape index (κ3) is 5.77. The summed E-state index contributed by atoms with van der Waals surface area (Å²) in [5, 5.41) is 11.4. The predicted octanol–water partition coefficient (Wildman–Crippen LogP) is 3.32. The number of halogens is 1. The van der Waals surface area contributed by atoms with Gasteiger partial charge in [0.1, 0.15) is 11.6 Å². The first-order valence-corrected chi connectivity index (χ1v) is 11.4. The van der Waals surface area contributed by atoms with Gasteiger partial charge in [-0.15, -0.1) is 10.2 Å². The number of amides is 2. The van der Waals surface area contributed by atoms with E-state index in [1.54, 1.807) is 36.4 Å². The molecule has 0 bridgehead atoms. The van der Waals surface area contributed by atoms with E-state index >= 15 is 0 Å². The summed E-state index contributed by atoms with van der Waals surface area (Å²) in [6.45, 7) is 1.23. The van der Waals surface area contributed by atoms with Crippen LogP contribution < -0.4 is 10.1 Å². The summed E-state index contributed by atoms with van der Waals surface area (Å²) < 4.78 is 26.1. The van der Waals surface area contributed by atoms with E-state index in [9.17, 15) is 14.0 Å². The highest BCUT2D eigenvalue weighted by atomic mass is 32.2. The Hall–Kier alpha value is -3.24. The maximum absolute atomic E-state index is 13.4. The number of hydrogen-bond acceptors (Lipinski definition) is 7. The van der Waals surface area contributed by atoms with Crippen LogP contribution in [-0.4, -0.2) is 52.2 Å². The monoisotopic (exact) mass is 470 g/mol. The summed E-state index contributed by atoms with van der Waals surface area (Å²) in [6, 6.07) is 12.5. The van der Waals surface area contributed by atoms with Crippen LogP contribution in [0.1, 0.15) is 23.2 Å². The summed E-state index contributed by atoms with van der Waals surface area (Å²) in [7, 11) is 1.54. The number of imide groups is 1. The first kappa shape index (κ1) is 22.9. The number of methoxy groups -OCH3 is 1. The average molecular weight is 471 g/mol. The molecule has 0 spiro atoms. The van der Waals surface area contributed by atoms with Crippen molar-refractivity contribution in [2.45, 2.75) is 30.6 Å². The van der Waals surface area contributed by atoms with E-state index in [1.807, 2.05) is 4.57 Å². The molecule has 1 aliphatic rings. The number of hydrogen-bond donors (Lipinski definition) is 1. The molecule has 1 saturated heterocycles. The lowest BCUT2D eigenvalue weighted by Gasteiger charge is -2.14. The fourth-order valence-corrected chi connectivity index (χ4v) is 4.22. The molecule has 1 unspecified atom stereocenters. The van der Waals surface area contributed by atoms with Crippen molar-refractivity contribution in [3.63, 3.8) is 0 Å². The summed E-state index contributed by atoms with van der Waals surface area (Å²) >= 11 is 1.18. The second-order valence-electron chi connectivity index (χ2n) is 7.45. The van der Waals surface area contributed by atoms with Crippen LogP contribution in [0.15, 0.2) is 53.7 Å². The molecule has 10 heteroatoms. The Labute approximate surface area is 194 Å². The van der Waals surface area contributed by atoms with Gasteiger partial charge >= 0.3 is 0 Å². The summed E-state index contributed by atoms with van der Waals surface area (Å²) in [5.74, 6) is -0.100. The topological polar surface area (TPSA) is 95.3 Å². The molecule has 1 aliphatic heterocycles. The van der Waals surface area contributed by atoms with E-state index < -0.39 is 11.8 Å². The highest BCUT2D eigenvalue weighted by molar-refractivity contribution is 7.99. The quantitative estimate of drug-likeness (QED) is 0.505. The summed E-state index contributed by atoms with van der Waals surface area (Å²) in [4.78, 5) is 24.7. The third-order valence-electron chi connectivity index (χ3n) is 5.17. The Balaban J connectivity index is 1.44. The minimum absolute atomic E-state index is 0.0185. The smallest absolute Gasteiger partial charge is 0.257 e. The lowest BCUT2D eigenvalue weighted by atomic mass is 10.2. The van der Waals surface area contributed by atoms with Crippen LogP contribution >= 0.6 is 11.8 Å². The van der Waals surface area contributed by atoms with Crippen LogP contribution in [0, 0.1) is 5.82 Å². The van der Waals surface area contributed by atoms with Crippen LogP contribution in [0.4, 0.5) is 4.39 Å². The van der Waals surface area contributed by atoms with Gasteiger partial charge in [-0.05, 0) is 61.4 Å². The molecule has 1 N–H and O–H groups in total. The highest BCUT2D eigenvalue weighted by Crippen LogP contribution is 2.26. The van der Waals surface area contributed by atoms with Gasteiger partial charge in [-0.2, -0.15) is 0 Å². The molecular formula is C23H23FN4O4S. The zero-order valence-corrected chi connectivity index (χ0v) is 18.8. The number of rotatable bonds is 8. The van der Waals surface area contributed by atoms with Crippen LogP contribution in [0.5, 0.6) is 5.75 Å². The van der Waals surface area contributed by atoms with Crippen molar-refractivity contribution in [3.8, 4) is 17.1 Å². The molecule has 4 rings (SSSR count). The average Bonchev–Trinajstić information content (AvgIpc) is 3.49. The summed E-state index contributed by atoms with van der Waals surface area (Å²) in [6.07, 6.45) is 1.92. The molecule has 33 heavy (non-hydrogen) atoms. The van der Waals surface area contributed by atoms with Gasteiger partial charge in [0.2, 0.25) is 5.91 Å². The maximum atomic E-state index is 13.4. The fourth-order valence-electron chi connectivity index (χ4n) is 3.47. The van der Waals surface area contributed by atoms with E-state index in [4.69, 9.17) is 9.47 Å². The highest BCUT2D eigenvalue weighted by Gasteiger charge is 2.22. The molecule has 3 aromatic rings. The zero-order valence-electron chi connectivity index (χ0n) is 18.0. The number of carbonyl (C=O) groups excluding carboxylic acids is 2. The molecule has 0 radical (unpaired) electrons. The summed E-state index contributed by atoms with van der Waals surface area (Å²) in [5.41, 5.74) is 1.07. The van der Waals surface area contributed by atoms with Gasteiger partial charge in [0.05, 0.1) is 25.5 Å². The molecule has 2 heterocycles. The largest absolute Gasteiger partial charge is 0.497 e. The molecule has 1 aromatic heterocycles. The SMILES string of the molecule is COc1ccc(C(=O)NC(=O)CSc2nnc(-c3ccc(F)cc3)n2CC2CCCO2)cc1. The molecular weight excluding hydrogens is 447 g/mol. The molecule has 8 nitrogen and oxygen atoms in total. The number of benzene rings is 2. The van der Waals surface area contributed by atoms with Crippen LogP contribution in [0.2, 0.25) is 0 Å². The second kappa shape index (κ2) is 10.6. The molecule has 172 valence electrons. The maximum Gasteiger partial charge on any atom is 0.257 e. The van der Waals surface area contributed by atoms with Gasteiger partial charge in [0, 0.05) is 17.7 Å². The van der Waals surface area contributed by atoms with Gasteiger partial charge in [-0.3, -0.25) is 19.5 Å². The Morgan fingerprint density at radius 2 is 1.94 bits per heavy atom. The van der Waals surface area contributed by atoms with E-state index in [2.05, 4.69) is 15.5 Å². The van der Waals surface area contributed by atoms with Crippen molar-refractivity contribution >= 4 is 23.6 Å². The van der Waals surface area contributed by atoms with Crippen molar-refractivity contribution in [2.75, 3.05) is 19.5 Å². The van der Waals surface area contributed by atoms with Crippen molar-refractivity contribution in [1.82, 2.24) is 20.1 Å². The number of aromatic nitrogens is 3. The number of nitrogens with zero attached hydrogens (tertiary/aromatic N) is 3. The van der Waals surface area contributed by atoms with Gasteiger partial charge < -0.3 is 9.47 Å². The van der Waals surface area contributed by atoms with Crippen LogP contribution in [0.3, 0.4) is 0 Å². The molecule has 1 fully saturated rings. The van der Waals surface area contributed by atoms with Crippen molar-refractivity contribution in [2.24, 2.45) is 0 Å². The van der Waals surface area contributed by atoms with E-state index in [1.165, 1.54) is 31.0 Å². The standard InChI is InChI=1S/C23H23FN4O4S/c1-31-18-10-6-16(7-11-18)22(30)25-20(29)14-33-23-27-26-21(15-4-8-17(24)9-5-15)28(23)13-19-3-2-12-32-19/h4-11,19H,2-3,12-14H2,1H3,(H,25,29,30). The van der Waals surface area contributed by atoms with Crippen molar-refractivity contribution in [1.29, 1.82) is 0 Å². The minimum Gasteiger partial charge on any atom is -0.497 e. The third-order valence-corrected chi connectivity index (χ3v) is 6.13. The Bertz CT molecular complexity index is 1110. The lowest BCUT2D eigenvalue weighted by Crippen LogP contribution is -2.31. The predicted molar refractivity (Wildman–Crippen MR) is 121 cm³/mol. The van der Waals surface area contributed by atoms with E-state index in [0.29, 0.717) is 41.0 Å². The normalized spacial score (nSPS) is 15.4. The van der Waals surface area contributed by atoms with Gasteiger partial charge in [-0.1, -0.05) is 11.8 Å². The first-order chi connectivity index (χ1) is 16.0. The number of ether oxygens (including phenoxy) is 2. The van der Waals surface area contributed by atoms with E-state index in [-0.39, 0.29) is 17.7 Å². The molecule has 2 amide bonds. The molecule has 2 aromatic carbocycles. The molecule has 1 atom stereocenters. The Morgan fingerprint density at radius 1 is 1.18 bits per heavy atom. The van der Waals surface area contributed by atoms with Gasteiger partial charge in [0.25, 0.3) is 5.91 Å². The number of thioether (sulfide) groups is 1. The van der Waals surface area contributed by atoms with Crippen LogP contribution in [-0.2, 0) is 16.1 Å². The van der Waals surface area contributed by atoms with Crippen LogP contribution in [0.25, 0.3) is 11.4 Å². The lowest BCUT2D eigenvalue weighted by molar-refractivity contribution is -0.117. The van der Waals surface area contributed by atoms with E-state index in [0.717, 1.165) is 12.8 Å². The zero-order chi connectivity index (χ0) is 23.2. The second-order valence-corrected chi connectivity index (χ2v) is 8.40. The Kier molecular flexibility index (Phi) is 7.36. The Morgan fingerprint density at radius 3 is 2.61 bits per heavy atom. The number of carbonyl (C=O) groups is 2. The van der Waals surface area contributed by atoms with Crippen molar-refractivity contribution in [3.05, 3.63) is 59.9 Å². The van der Waals surface area contributed by atoms with Crippen molar-refractivity contribution < 1.29 is 23.5 Å².